The number of carbonyl (C=O) groups excluding carboxylic acids is 1. The lowest BCUT2D eigenvalue weighted by Gasteiger charge is -2.34. The summed E-state index contributed by atoms with van der Waals surface area (Å²) in [6, 6.07) is 6.05. The molecule has 1 aliphatic rings. The zero-order valence-electron chi connectivity index (χ0n) is 9.95. The van der Waals surface area contributed by atoms with Gasteiger partial charge in [0, 0.05) is 12.1 Å². The minimum absolute atomic E-state index is 0.232. The Labute approximate surface area is 100 Å². The molecule has 1 unspecified atom stereocenters. The molecular weight excluding hydrogens is 219 g/mol. The highest BCUT2D eigenvalue weighted by atomic mass is 19.1. The fourth-order valence-electron chi connectivity index (χ4n) is 2.62. The zero-order chi connectivity index (χ0) is 12.5. The Morgan fingerprint density at radius 3 is 2.71 bits per heavy atom. The highest BCUT2D eigenvalue weighted by Gasteiger charge is 2.38. The molecule has 1 saturated heterocycles. The Morgan fingerprint density at radius 1 is 1.47 bits per heavy atom. The van der Waals surface area contributed by atoms with Crippen molar-refractivity contribution in [2.45, 2.75) is 31.7 Å². The molecule has 2 rings (SSSR count). The number of halogens is 1. The molecule has 0 radical (unpaired) electrons. The van der Waals surface area contributed by atoms with Crippen molar-refractivity contribution in [3.63, 3.8) is 0 Å². The van der Waals surface area contributed by atoms with Crippen LogP contribution in [0.3, 0.4) is 0 Å². The summed E-state index contributed by atoms with van der Waals surface area (Å²) in [6.45, 7) is 2.75. The molecule has 4 heteroatoms. The second-order valence-corrected chi connectivity index (χ2v) is 4.89. The van der Waals surface area contributed by atoms with Gasteiger partial charge in [0.25, 0.3) is 0 Å². The predicted molar refractivity (Wildman–Crippen MR) is 64.0 cm³/mol. The first-order valence-corrected chi connectivity index (χ1v) is 5.83. The van der Waals surface area contributed by atoms with Gasteiger partial charge in [-0.25, -0.2) is 9.18 Å². The van der Waals surface area contributed by atoms with E-state index in [0.29, 0.717) is 6.54 Å². The van der Waals surface area contributed by atoms with Gasteiger partial charge in [0.2, 0.25) is 0 Å². The van der Waals surface area contributed by atoms with Crippen LogP contribution in [0.1, 0.15) is 25.3 Å². The van der Waals surface area contributed by atoms with Gasteiger partial charge in [0.15, 0.2) is 0 Å². The third-order valence-corrected chi connectivity index (χ3v) is 3.51. The number of primary amides is 1. The maximum atomic E-state index is 12.8. The first kappa shape index (κ1) is 11.9. The molecule has 2 amide bonds. The molecule has 1 aromatic rings. The molecule has 1 aromatic carbocycles. The molecule has 2 N–H and O–H groups in total. The van der Waals surface area contributed by atoms with E-state index >= 15 is 0 Å². The van der Waals surface area contributed by atoms with Gasteiger partial charge < -0.3 is 10.6 Å². The number of carbonyl (C=O) groups is 1. The molecule has 3 nitrogen and oxygen atoms in total. The summed E-state index contributed by atoms with van der Waals surface area (Å²) in [4.78, 5) is 13.1. The average molecular weight is 236 g/mol. The number of urea groups is 1. The van der Waals surface area contributed by atoms with Crippen LogP contribution in [0.5, 0.6) is 0 Å². The Morgan fingerprint density at radius 2 is 2.12 bits per heavy atom. The van der Waals surface area contributed by atoms with Crippen LogP contribution in [-0.4, -0.2) is 23.0 Å². The van der Waals surface area contributed by atoms with E-state index in [-0.39, 0.29) is 17.4 Å². The number of benzene rings is 1. The number of nitrogens with zero attached hydrogens (tertiary/aromatic N) is 1. The van der Waals surface area contributed by atoms with E-state index in [2.05, 4.69) is 0 Å². The summed E-state index contributed by atoms with van der Waals surface area (Å²) in [5.41, 5.74) is 6.18. The minimum Gasteiger partial charge on any atom is -0.351 e. The van der Waals surface area contributed by atoms with Gasteiger partial charge in [-0.1, -0.05) is 12.1 Å². The largest absolute Gasteiger partial charge is 0.351 e. The summed E-state index contributed by atoms with van der Waals surface area (Å²) in [6.07, 6.45) is 2.63. The van der Waals surface area contributed by atoms with Crippen LogP contribution in [0.2, 0.25) is 0 Å². The molecule has 17 heavy (non-hydrogen) atoms. The number of likely N-dealkylation sites (tertiary alicyclic amines) is 1. The third kappa shape index (κ3) is 2.40. The molecular formula is C13H17FN2O. The molecule has 1 aliphatic heterocycles. The first-order valence-electron chi connectivity index (χ1n) is 5.83. The third-order valence-electron chi connectivity index (χ3n) is 3.51. The summed E-state index contributed by atoms with van der Waals surface area (Å²) >= 11 is 0. The summed E-state index contributed by atoms with van der Waals surface area (Å²) in [5, 5.41) is 0. The lowest BCUT2D eigenvalue weighted by atomic mass is 9.90. The highest BCUT2D eigenvalue weighted by molar-refractivity contribution is 5.73. The van der Waals surface area contributed by atoms with Gasteiger partial charge in [-0.05, 0) is 43.9 Å². The smallest absolute Gasteiger partial charge is 0.315 e. The van der Waals surface area contributed by atoms with E-state index in [4.69, 9.17) is 5.73 Å². The van der Waals surface area contributed by atoms with Gasteiger partial charge in [-0.3, -0.25) is 0 Å². The van der Waals surface area contributed by atoms with Crippen molar-refractivity contribution < 1.29 is 9.18 Å². The average Bonchev–Trinajstić information content (AvgIpc) is 2.64. The molecule has 0 aromatic heterocycles. The van der Waals surface area contributed by atoms with Crippen molar-refractivity contribution in [1.29, 1.82) is 0 Å². The number of hydrogen-bond donors (Lipinski definition) is 1. The van der Waals surface area contributed by atoms with Gasteiger partial charge in [0.1, 0.15) is 5.82 Å². The SMILES string of the molecule is CC1(Cc2ccc(F)cc2)CCCN1C(N)=O. The topological polar surface area (TPSA) is 46.3 Å². The Bertz CT molecular complexity index is 418. The van der Waals surface area contributed by atoms with Crippen LogP contribution < -0.4 is 5.73 Å². The Kier molecular flexibility index (Phi) is 3.05. The van der Waals surface area contributed by atoms with E-state index in [1.807, 2.05) is 6.92 Å². The summed E-state index contributed by atoms with van der Waals surface area (Å²) < 4.78 is 12.8. The molecule has 0 spiro atoms. The molecule has 0 aliphatic carbocycles. The van der Waals surface area contributed by atoms with E-state index in [1.54, 1.807) is 17.0 Å². The van der Waals surface area contributed by atoms with Crippen LogP contribution >= 0.6 is 0 Å². The predicted octanol–water partition coefficient (Wildman–Crippen LogP) is 2.30. The quantitative estimate of drug-likeness (QED) is 0.841. The van der Waals surface area contributed by atoms with E-state index < -0.39 is 0 Å². The lowest BCUT2D eigenvalue weighted by molar-refractivity contribution is 0.164. The maximum absolute atomic E-state index is 12.8. The Balaban J connectivity index is 2.16. The maximum Gasteiger partial charge on any atom is 0.315 e. The number of hydrogen-bond acceptors (Lipinski definition) is 1. The van der Waals surface area contributed by atoms with Crippen molar-refractivity contribution >= 4 is 6.03 Å². The van der Waals surface area contributed by atoms with Crippen LogP contribution in [0.4, 0.5) is 9.18 Å². The van der Waals surface area contributed by atoms with Crippen LogP contribution in [0, 0.1) is 5.82 Å². The van der Waals surface area contributed by atoms with Crippen LogP contribution in [-0.2, 0) is 6.42 Å². The van der Waals surface area contributed by atoms with Crippen LogP contribution in [0.15, 0.2) is 24.3 Å². The van der Waals surface area contributed by atoms with Crippen molar-refractivity contribution in [2.75, 3.05) is 6.54 Å². The van der Waals surface area contributed by atoms with Crippen molar-refractivity contribution in [1.82, 2.24) is 4.90 Å². The Hall–Kier alpha value is -1.58. The number of nitrogens with two attached hydrogens (primary N) is 1. The normalized spacial score (nSPS) is 24.0. The number of amides is 2. The minimum atomic E-state index is -0.368. The van der Waals surface area contributed by atoms with Crippen molar-refractivity contribution in [3.8, 4) is 0 Å². The van der Waals surface area contributed by atoms with E-state index in [1.165, 1.54) is 12.1 Å². The fraction of sp³-hybridized carbons (Fsp3) is 0.462. The van der Waals surface area contributed by atoms with Gasteiger partial charge in [-0.15, -0.1) is 0 Å². The lowest BCUT2D eigenvalue weighted by Crippen LogP contribution is -2.49. The van der Waals surface area contributed by atoms with E-state index in [0.717, 1.165) is 24.8 Å². The standard InChI is InChI=1S/C13H17FN2O/c1-13(7-2-8-16(13)12(15)17)9-10-3-5-11(14)6-4-10/h3-6H,2,7-9H2,1H3,(H2,15,17). The molecule has 1 fully saturated rings. The summed E-state index contributed by atoms with van der Waals surface area (Å²) in [7, 11) is 0. The highest BCUT2D eigenvalue weighted by Crippen LogP contribution is 2.32. The van der Waals surface area contributed by atoms with Crippen molar-refractivity contribution in [3.05, 3.63) is 35.6 Å². The van der Waals surface area contributed by atoms with Crippen LogP contribution in [0.25, 0.3) is 0 Å². The molecule has 1 atom stereocenters. The fourth-order valence-corrected chi connectivity index (χ4v) is 2.62. The number of rotatable bonds is 2. The second-order valence-electron chi connectivity index (χ2n) is 4.89. The van der Waals surface area contributed by atoms with E-state index in [9.17, 15) is 9.18 Å². The molecule has 0 saturated carbocycles. The molecule has 0 bridgehead atoms. The zero-order valence-corrected chi connectivity index (χ0v) is 9.95. The second kappa shape index (κ2) is 4.35. The molecule has 92 valence electrons. The van der Waals surface area contributed by atoms with Crippen molar-refractivity contribution in [2.24, 2.45) is 5.73 Å². The van der Waals surface area contributed by atoms with Gasteiger partial charge in [0.05, 0.1) is 0 Å². The monoisotopic (exact) mass is 236 g/mol. The first-order chi connectivity index (χ1) is 8.01. The van der Waals surface area contributed by atoms with Gasteiger partial charge in [-0.2, -0.15) is 0 Å². The van der Waals surface area contributed by atoms with Gasteiger partial charge >= 0.3 is 6.03 Å². The summed E-state index contributed by atoms with van der Waals surface area (Å²) in [5.74, 6) is -0.239. The molecule has 1 heterocycles.